The quantitative estimate of drug-likeness (QED) is 0.868. The molecule has 0 aliphatic rings. The number of hydrogen-bond donors (Lipinski definition) is 1. The summed E-state index contributed by atoms with van der Waals surface area (Å²) in [5, 5.41) is 6.64. The maximum atomic E-state index is 12.5. The van der Waals surface area contributed by atoms with E-state index in [1.165, 1.54) is 28.9 Å². The van der Waals surface area contributed by atoms with Gasteiger partial charge in [0.2, 0.25) is 0 Å². The van der Waals surface area contributed by atoms with Gasteiger partial charge >= 0.3 is 6.18 Å². The van der Waals surface area contributed by atoms with E-state index in [0.29, 0.717) is 24.9 Å². The van der Waals surface area contributed by atoms with E-state index in [2.05, 4.69) is 10.4 Å². The zero-order chi connectivity index (χ0) is 18.4. The van der Waals surface area contributed by atoms with E-state index < -0.39 is 17.6 Å². The molecule has 0 aliphatic carbocycles. The van der Waals surface area contributed by atoms with Crippen molar-refractivity contribution >= 4 is 5.91 Å². The fourth-order valence-electron chi connectivity index (χ4n) is 2.21. The van der Waals surface area contributed by atoms with Crippen LogP contribution in [0, 0.1) is 0 Å². The summed E-state index contributed by atoms with van der Waals surface area (Å²) in [7, 11) is 0. The van der Waals surface area contributed by atoms with Crippen LogP contribution in [-0.2, 0) is 19.1 Å². The molecule has 5 nitrogen and oxygen atoms in total. The first-order valence-corrected chi connectivity index (χ1v) is 7.83. The van der Waals surface area contributed by atoms with Gasteiger partial charge in [0.05, 0.1) is 5.56 Å². The molecule has 0 radical (unpaired) electrons. The van der Waals surface area contributed by atoms with Crippen LogP contribution in [0.15, 0.2) is 41.2 Å². The summed E-state index contributed by atoms with van der Waals surface area (Å²) in [5.41, 5.74) is -0.177. The van der Waals surface area contributed by atoms with E-state index in [-0.39, 0.29) is 17.8 Å². The molecule has 2 aromatic rings. The van der Waals surface area contributed by atoms with Crippen LogP contribution in [0.1, 0.15) is 35.0 Å². The standard InChI is InChI=1S/C17H18F3N3O2/c1-2-11-23-15(24)8-7-14(22-23)16(25)21-10-9-12-3-5-13(6-4-12)17(18,19)20/h3-8H,2,9-11H2,1H3,(H,21,25). The number of amides is 1. The molecule has 1 aromatic heterocycles. The Morgan fingerprint density at radius 2 is 1.84 bits per heavy atom. The molecule has 25 heavy (non-hydrogen) atoms. The van der Waals surface area contributed by atoms with Gasteiger partial charge in [0, 0.05) is 19.2 Å². The SMILES string of the molecule is CCCn1nc(C(=O)NCCc2ccc(C(F)(F)F)cc2)ccc1=O. The lowest BCUT2D eigenvalue weighted by atomic mass is 10.1. The number of halogens is 3. The molecule has 0 fully saturated rings. The molecule has 0 bridgehead atoms. The molecule has 0 atom stereocenters. The van der Waals surface area contributed by atoms with Crippen LogP contribution in [-0.4, -0.2) is 22.2 Å². The fourth-order valence-corrected chi connectivity index (χ4v) is 2.21. The van der Waals surface area contributed by atoms with Crippen LogP contribution in [0.3, 0.4) is 0 Å². The Balaban J connectivity index is 1.92. The van der Waals surface area contributed by atoms with E-state index in [0.717, 1.165) is 12.1 Å². The number of alkyl halides is 3. The van der Waals surface area contributed by atoms with Crippen molar-refractivity contribution in [2.75, 3.05) is 6.54 Å². The van der Waals surface area contributed by atoms with Gasteiger partial charge in [-0.1, -0.05) is 19.1 Å². The van der Waals surface area contributed by atoms with E-state index in [1.807, 2.05) is 6.92 Å². The minimum Gasteiger partial charge on any atom is -0.350 e. The monoisotopic (exact) mass is 353 g/mol. The molecule has 0 spiro atoms. The summed E-state index contributed by atoms with van der Waals surface area (Å²) >= 11 is 0. The Kier molecular flexibility index (Phi) is 5.95. The molecule has 0 saturated heterocycles. The van der Waals surface area contributed by atoms with Crippen molar-refractivity contribution in [3.8, 4) is 0 Å². The lowest BCUT2D eigenvalue weighted by Gasteiger charge is -2.09. The maximum Gasteiger partial charge on any atom is 0.416 e. The third-order valence-corrected chi connectivity index (χ3v) is 3.52. The molecule has 134 valence electrons. The van der Waals surface area contributed by atoms with Gasteiger partial charge in [-0.25, -0.2) is 4.68 Å². The summed E-state index contributed by atoms with van der Waals surface area (Å²) in [5.74, 6) is -0.434. The summed E-state index contributed by atoms with van der Waals surface area (Å²) in [4.78, 5) is 23.6. The molecule has 1 heterocycles. The van der Waals surface area contributed by atoms with Crippen molar-refractivity contribution in [1.82, 2.24) is 15.1 Å². The number of carbonyl (C=O) groups excluding carboxylic acids is 1. The van der Waals surface area contributed by atoms with Gasteiger partial charge in [0.25, 0.3) is 11.5 Å². The molecule has 1 amide bonds. The molecule has 8 heteroatoms. The highest BCUT2D eigenvalue weighted by Crippen LogP contribution is 2.29. The van der Waals surface area contributed by atoms with Crippen LogP contribution in [0.5, 0.6) is 0 Å². The van der Waals surface area contributed by atoms with Gasteiger partial charge in [-0.05, 0) is 36.6 Å². The number of nitrogens with zero attached hydrogens (tertiary/aromatic N) is 2. The smallest absolute Gasteiger partial charge is 0.350 e. The van der Waals surface area contributed by atoms with Gasteiger partial charge in [0.15, 0.2) is 0 Å². The van der Waals surface area contributed by atoms with Crippen molar-refractivity contribution in [1.29, 1.82) is 0 Å². The number of hydrogen-bond acceptors (Lipinski definition) is 3. The second kappa shape index (κ2) is 7.96. The number of nitrogens with one attached hydrogen (secondary N) is 1. The van der Waals surface area contributed by atoms with Crippen LogP contribution >= 0.6 is 0 Å². The molecule has 2 rings (SSSR count). The Hall–Kier alpha value is -2.64. The maximum absolute atomic E-state index is 12.5. The molecule has 1 aromatic carbocycles. The summed E-state index contributed by atoms with van der Waals surface area (Å²) in [6, 6.07) is 7.43. The van der Waals surface area contributed by atoms with Crippen molar-refractivity contribution in [3.63, 3.8) is 0 Å². The van der Waals surface area contributed by atoms with Crippen molar-refractivity contribution in [3.05, 3.63) is 63.6 Å². The first-order chi connectivity index (χ1) is 11.8. The average molecular weight is 353 g/mol. The zero-order valence-electron chi connectivity index (χ0n) is 13.6. The third-order valence-electron chi connectivity index (χ3n) is 3.52. The van der Waals surface area contributed by atoms with Crippen LogP contribution in [0.25, 0.3) is 0 Å². The van der Waals surface area contributed by atoms with Crippen molar-refractivity contribution in [2.24, 2.45) is 0 Å². The molecular formula is C17H18F3N3O2. The molecule has 0 saturated carbocycles. The number of aromatic nitrogens is 2. The highest BCUT2D eigenvalue weighted by atomic mass is 19.4. The Morgan fingerprint density at radius 3 is 2.44 bits per heavy atom. The first kappa shape index (κ1) is 18.7. The molecule has 0 unspecified atom stereocenters. The fraction of sp³-hybridized carbons (Fsp3) is 0.353. The summed E-state index contributed by atoms with van der Waals surface area (Å²) < 4.78 is 38.7. The second-order valence-corrected chi connectivity index (χ2v) is 5.48. The van der Waals surface area contributed by atoms with Gasteiger partial charge in [-0.3, -0.25) is 9.59 Å². The predicted molar refractivity (Wildman–Crippen MR) is 86.3 cm³/mol. The van der Waals surface area contributed by atoms with Crippen LogP contribution < -0.4 is 10.9 Å². The number of rotatable bonds is 6. The number of carbonyl (C=O) groups is 1. The lowest BCUT2D eigenvalue weighted by Crippen LogP contribution is -2.30. The van der Waals surface area contributed by atoms with E-state index in [4.69, 9.17) is 0 Å². The number of benzene rings is 1. The van der Waals surface area contributed by atoms with Gasteiger partial charge in [-0.2, -0.15) is 18.3 Å². The molecule has 0 aliphatic heterocycles. The highest BCUT2D eigenvalue weighted by Gasteiger charge is 2.29. The Morgan fingerprint density at radius 1 is 1.16 bits per heavy atom. The molecular weight excluding hydrogens is 335 g/mol. The highest BCUT2D eigenvalue weighted by molar-refractivity contribution is 5.91. The Bertz CT molecular complexity index is 783. The molecule has 1 N–H and O–H groups in total. The topological polar surface area (TPSA) is 64.0 Å². The zero-order valence-corrected chi connectivity index (χ0v) is 13.6. The first-order valence-electron chi connectivity index (χ1n) is 7.83. The van der Waals surface area contributed by atoms with Gasteiger partial charge in [-0.15, -0.1) is 0 Å². The van der Waals surface area contributed by atoms with Crippen molar-refractivity contribution in [2.45, 2.75) is 32.5 Å². The van der Waals surface area contributed by atoms with Gasteiger partial charge in [0.1, 0.15) is 5.69 Å². The normalized spacial score (nSPS) is 11.4. The Labute approximate surface area is 142 Å². The minimum absolute atomic E-state index is 0.125. The summed E-state index contributed by atoms with van der Waals surface area (Å²) in [6.45, 7) is 2.56. The van der Waals surface area contributed by atoms with Gasteiger partial charge < -0.3 is 5.32 Å². The van der Waals surface area contributed by atoms with E-state index in [1.54, 1.807) is 0 Å². The third kappa shape index (κ3) is 5.17. The van der Waals surface area contributed by atoms with Crippen LogP contribution in [0.2, 0.25) is 0 Å². The lowest BCUT2D eigenvalue weighted by molar-refractivity contribution is -0.137. The largest absolute Gasteiger partial charge is 0.416 e. The second-order valence-electron chi connectivity index (χ2n) is 5.48. The predicted octanol–water partition coefficient (Wildman–Crippen LogP) is 2.64. The van der Waals surface area contributed by atoms with E-state index >= 15 is 0 Å². The minimum atomic E-state index is -4.36. The summed E-state index contributed by atoms with van der Waals surface area (Å²) in [6.07, 6.45) is -3.26. The van der Waals surface area contributed by atoms with Crippen molar-refractivity contribution < 1.29 is 18.0 Å². The number of aryl methyl sites for hydroxylation is 1. The van der Waals surface area contributed by atoms with E-state index in [9.17, 15) is 22.8 Å². The van der Waals surface area contributed by atoms with Crippen LogP contribution in [0.4, 0.5) is 13.2 Å². The average Bonchev–Trinajstić information content (AvgIpc) is 2.56.